The van der Waals surface area contributed by atoms with Crippen LogP contribution in [0.2, 0.25) is 0 Å². The van der Waals surface area contributed by atoms with E-state index in [-0.39, 0.29) is 5.91 Å². The lowest BCUT2D eigenvalue weighted by Gasteiger charge is -2.18. The molecule has 0 saturated heterocycles. The van der Waals surface area contributed by atoms with Crippen molar-refractivity contribution in [1.82, 2.24) is 0 Å². The number of ether oxygens (including phenoxy) is 2. The molecule has 0 bridgehead atoms. The largest absolute Gasteiger partial charge is 0.497 e. The van der Waals surface area contributed by atoms with E-state index in [1.165, 1.54) is 0 Å². The fourth-order valence-electron chi connectivity index (χ4n) is 2.36. The maximum atomic E-state index is 12.4. The number of amides is 1. The van der Waals surface area contributed by atoms with Gasteiger partial charge in [-0.05, 0) is 43.5 Å². The molecule has 0 radical (unpaired) electrons. The molecule has 0 spiro atoms. The van der Waals surface area contributed by atoms with Crippen LogP contribution in [0.1, 0.15) is 25.0 Å². The first kappa shape index (κ1) is 16.9. The molecule has 23 heavy (non-hydrogen) atoms. The van der Waals surface area contributed by atoms with Gasteiger partial charge in [0, 0.05) is 11.8 Å². The second-order valence-electron chi connectivity index (χ2n) is 5.39. The highest BCUT2D eigenvalue weighted by molar-refractivity contribution is 5.95. The number of carbonyl (C=O) groups is 1. The molecule has 1 amide bonds. The molecule has 2 aromatic carbocycles. The van der Waals surface area contributed by atoms with Crippen LogP contribution in [-0.4, -0.2) is 19.1 Å². The fourth-order valence-corrected chi connectivity index (χ4v) is 2.36. The highest BCUT2D eigenvalue weighted by atomic mass is 16.5. The minimum absolute atomic E-state index is 0.170. The molecule has 1 atom stereocenters. The van der Waals surface area contributed by atoms with E-state index in [0.717, 1.165) is 23.2 Å². The zero-order valence-corrected chi connectivity index (χ0v) is 14.1. The molecular formula is C19H23NO3. The van der Waals surface area contributed by atoms with Crippen molar-refractivity contribution in [1.29, 1.82) is 0 Å². The molecule has 0 aliphatic rings. The number of carbonyl (C=O) groups excluding carboxylic acids is 1. The molecule has 0 heterocycles. The highest BCUT2D eigenvalue weighted by Gasteiger charge is 2.17. The quantitative estimate of drug-likeness (QED) is 0.877. The molecule has 0 fully saturated rings. The summed E-state index contributed by atoms with van der Waals surface area (Å²) in [6.07, 6.45) is 0.258. The molecule has 1 N–H and O–H groups in total. The summed E-state index contributed by atoms with van der Waals surface area (Å²) in [5.74, 6) is 1.13. The third-order valence-corrected chi connectivity index (χ3v) is 3.71. The van der Waals surface area contributed by atoms with Crippen LogP contribution < -0.4 is 14.8 Å². The van der Waals surface area contributed by atoms with Crippen LogP contribution in [0.5, 0.6) is 11.5 Å². The highest BCUT2D eigenvalue weighted by Crippen LogP contribution is 2.23. The van der Waals surface area contributed by atoms with Crippen molar-refractivity contribution in [2.45, 2.75) is 33.3 Å². The van der Waals surface area contributed by atoms with Crippen LogP contribution in [0, 0.1) is 6.92 Å². The van der Waals surface area contributed by atoms with Gasteiger partial charge in [-0.1, -0.05) is 31.2 Å². The van der Waals surface area contributed by atoms with Crippen molar-refractivity contribution in [2.24, 2.45) is 0 Å². The normalized spacial score (nSPS) is 11.7. The first-order valence-electron chi connectivity index (χ1n) is 7.75. The monoisotopic (exact) mass is 313 g/mol. The van der Waals surface area contributed by atoms with Gasteiger partial charge in [-0.3, -0.25) is 4.79 Å². The molecule has 0 aliphatic carbocycles. The summed E-state index contributed by atoms with van der Waals surface area (Å²) in [6, 6.07) is 13.2. The minimum atomic E-state index is -0.605. The predicted octanol–water partition coefficient (Wildman–Crippen LogP) is 3.97. The van der Waals surface area contributed by atoms with Gasteiger partial charge in [-0.25, -0.2) is 0 Å². The summed E-state index contributed by atoms with van der Waals surface area (Å²) in [7, 11) is 1.60. The summed E-state index contributed by atoms with van der Waals surface area (Å²) in [4.78, 5) is 12.4. The number of rotatable bonds is 6. The minimum Gasteiger partial charge on any atom is -0.497 e. The van der Waals surface area contributed by atoms with Gasteiger partial charge in [0.15, 0.2) is 6.10 Å². The van der Waals surface area contributed by atoms with E-state index in [2.05, 4.69) is 12.2 Å². The SMILES string of the molecule is CCc1cccc(C)c1NC(=O)C(C)Oc1cccc(OC)c1. The number of aryl methyl sites for hydroxylation is 2. The Morgan fingerprint density at radius 2 is 1.87 bits per heavy atom. The van der Waals surface area contributed by atoms with Gasteiger partial charge in [0.2, 0.25) is 0 Å². The molecule has 4 heteroatoms. The lowest BCUT2D eigenvalue weighted by molar-refractivity contribution is -0.122. The Bertz CT molecular complexity index is 682. The molecule has 2 rings (SSSR count). The molecule has 0 aliphatic heterocycles. The number of methoxy groups -OCH3 is 1. The molecule has 0 aromatic heterocycles. The predicted molar refractivity (Wildman–Crippen MR) is 92.3 cm³/mol. The third kappa shape index (κ3) is 4.25. The van der Waals surface area contributed by atoms with Gasteiger partial charge in [0.25, 0.3) is 5.91 Å². The second kappa shape index (κ2) is 7.68. The number of nitrogens with one attached hydrogen (secondary N) is 1. The summed E-state index contributed by atoms with van der Waals surface area (Å²) in [6.45, 7) is 5.79. The van der Waals surface area contributed by atoms with Crippen LogP contribution in [0.4, 0.5) is 5.69 Å². The number of hydrogen-bond donors (Lipinski definition) is 1. The Morgan fingerprint density at radius 1 is 1.17 bits per heavy atom. The first-order valence-corrected chi connectivity index (χ1v) is 7.75. The van der Waals surface area contributed by atoms with Crippen molar-refractivity contribution in [3.8, 4) is 11.5 Å². The Hall–Kier alpha value is -2.49. The molecule has 4 nitrogen and oxygen atoms in total. The van der Waals surface area contributed by atoms with E-state index in [1.54, 1.807) is 26.2 Å². The van der Waals surface area contributed by atoms with Crippen LogP contribution in [-0.2, 0) is 11.2 Å². The molecule has 2 aromatic rings. The maximum absolute atomic E-state index is 12.4. The standard InChI is InChI=1S/C19H23NO3/c1-5-15-9-6-8-13(2)18(15)20-19(21)14(3)23-17-11-7-10-16(12-17)22-4/h6-12,14H,5H2,1-4H3,(H,20,21). The zero-order valence-electron chi connectivity index (χ0n) is 14.1. The number of benzene rings is 2. The van der Waals surface area contributed by atoms with E-state index in [4.69, 9.17) is 9.47 Å². The van der Waals surface area contributed by atoms with Crippen LogP contribution >= 0.6 is 0 Å². The summed E-state index contributed by atoms with van der Waals surface area (Å²) in [5.41, 5.74) is 3.04. The lowest BCUT2D eigenvalue weighted by atomic mass is 10.1. The molecular weight excluding hydrogens is 290 g/mol. The van der Waals surface area contributed by atoms with Crippen LogP contribution in [0.15, 0.2) is 42.5 Å². The van der Waals surface area contributed by atoms with Gasteiger partial charge < -0.3 is 14.8 Å². The van der Waals surface area contributed by atoms with Gasteiger partial charge in [0.05, 0.1) is 7.11 Å². The van der Waals surface area contributed by atoms with Crippen LogP contribution in [0.25, 0.3) is 0 Å². The third-order valence-electron chi connectivity index (χ3n) is 3.71. The maximum Gasteiger partial charge on any atom is 0.265 e. The van der Waals surface area contributed by atoms with Crippen molar-refractivity contribution in [2.75, 3.05) is 12.4 Å². The van der Waals surface area contributed by atoms with E-state index >= 15 is 0 Å². The summed E-state index contributed by atoms with van der Waals surface area (Å²) < 4.78 is 10.9. The second-order valence-corrected chi connectivity index (χ2v) is 5.39. The first-order chi connectivity index (χ1) is 11.0. The average Bonchev–Trinajstić information content (AvgIpc) is 2.56. The fraction of sp³-hybridized carbons (Fsp3) is 0.316. The van der Waals surface area contributed by atoms with Crippen molar-refractivity contribution in [3.05, 3.63) is 53.6 Å². The Morgan fingerprint density at radius 3 is 2.57 bits per heavy atom. The number of anilines is 1. The van der Waals surface area contributed by atoms with Crippen molar-refractivity contribution >= 4 is 11.6 Å². The van der Waals surface area contributed by atoms with E-state index in [0.29, 0.717) is 11.5 Å². The molecule has 0 saturated carbocycles. The van der Waals surface area contributed by atoms with Gasteiger partial charge in [0.1, 0.15) is 11.5 Å². The molecule has 1 unspecified atom stereocenters. The number of para-hydroxylation sites is 1. The molecule has 122 valence electrons. The average molecular weight is 313 g/mol. The summed E-state index contributed by atoms with van der Waals surface area (Å²) in [5, 5.41) is 2.98. The lowest BCUT2D eigenvalue weighted by Crippen LogP contribution is -2.30. The van der Waals surface area contributed by atoms with Gasteiger partial charge in [-0.15, -0.1) is 0 Å². The van der Waals surface area contributed by atoms with E-state index in [1.807, 2.05) is 37.3 Å². The van der Waals surface area contributed by atoms with Gasteiger partial charge >= 0.3 is 0 Å². The van der Waals surface area contributed by atoms with Gasteiger partial charge in [-0.2, -0.15) is 0 Å². The van der Waals surface area contributed by atoms with Crippen LogP contribution in [0.3, 0.4) is 0 Å². The number of hydrogen-bond acceptors (Lipinski definition) is 3. The zero-order chi connectivity index (χ0) is 16.8. The Labute approximate surface area is 137 Å². The van der Waals surface area contributed by atoms with Crippen molar-refractivity contribution < 1.29 is 14.3 Å². The topological polar surface area (TPSA) is 47.6 Å². The van der Waals surface area contributed by atoms with Crippen molar-refractivity contribution in [3.63, 3.8) is 0 Å². The Kier molecular flexibility index (Phi) is 5.63. The van der Waals surface area contributed by atoms with E-state index < -0.39 is 6.10 Å². The Balaban J connectivity index is 2.08. The summed E-state index contributed by atoms with van der Waals surface area (Å²) >= 11 is 0. The van der Waals surface area contributed by atoms with E-state index in [9.17, 15) is 4.79 Å². The smallest absolute Gasteiger partial charge is 0.265 e.